The summed E-state index contributed by atoms with van der Waals surface area (Å²) in [7, 11) is 3.04. The first-order valence-corrected chi connectivity index (χ1v) is 14.3. The summed E-state index contributed by atoms with van der Waals surface area (Å²) in [6.07, 6.45) is 0. The van der Waals surface area contributed by atoms with Crippen molar-refractivity contribution in [3.8, 4) is 11.5 Å². The Morgan fingerprint density at radius 1 is 1.02 bits per heavy atom. The molecule has 220 valence electrons. The van der Waals surface area contributed by atoms with Crippen LogP contribution in [0.1, 0.15) is 35.1 Å². The maximum absolute atomic E-state index is 13.8. The number of aromatic nitrogens is 2. The molecule has 0 amide bonds. The Labute approximate surface area is 251 Å². The van der Waals surface area contributed by atoms with Crippen LogP contribution in [0.4, 0.5) is 11.5 Å². The fraction of sp³-hybridized carbons (Fsp3) is 0.194. The number of nitrogens with zero attached hydrogens (tertiary/aromatic N) is 2. The number of ether oxygens (including phenoxy) is 3. The molecule has 0 saturated carbocycles. The quantitative estimate of drug-likeness (QED) is 0.0784. The monoisotopic (exact) mass is 600 g/mol. The summed E-state index contributed by atoms with van der Waals surface area (Å²) < 4.78 is 16.5. The Kier molecular flexibility index (Phi) is 8.77. The lowest BCUT2D eigenvalue weighted by molar-refractivity contribution is -0.384. The van der Waals surface area contributed by atoms with Gasteiger partial charge in [0.1, 0.15) is 5.82 Å². The molecule has 43 heavy (non-hydrogen) atoms. The predicted octanol–water partition coefficient (Wildman–Crippen LogP) is 5.52. The molecule has 12 heteroatoms. The number of non-ortho nitro benzene ring substituents is 1. The minimum absolute atomic E-state index is 0.00269. The van der Waals surface area contributed by atoms with Crippen LogP contribution >= 0.6 is 11.8 Å². The number of esters is 1. The average Bonchev–Trinajstić information content (AvgIpc) is 3.03. The van der Waals surface area contributed by atoms with Crippen LogP contribution < -0.4 is 20.3 Å². The van der Waals surface area contributed by atoms with E-state index >= 15 is 0 Å². The third-order valence-electron chi connectivity index (χ3n) is 6.85. The number of hydrogen-bond donors (Lipinski definition) is 2. The van der Waals surface area contributed by atoms with Gasteiger partial charge in [-0.15, -0.1) is 0 Å². The third kappa shape index (κ3) is 6.09. The van der Waals surface area contributed by atoms with E-state index in [0.717, 1.165) is 5.56 Å². The lowest BCUT2D eigenvalue weighted by Gasteiger charge is -2.30. The maximum atomic E-state index is 13.8. The van der Waals surface area contributed by atoms with Gasteiger partial charge >= 0.3 is 5.97 Å². The Bertz CT molecular complexity index is 1750. The molecule has 0 fully saturated rings. The molecule has 0 bridgehead atoms. The second-order valence-corrected chi connectivity index (χ2v) is 10.4. The summed E-state index contributed by atoms with van der Waals surface area (Å²) in [6, 6.07) is 20.7. The zero-order valence-corrected chi connectivity index (χ0v) is 24.4. The van der Waals surface area contributed by atoms with Crippen LogP contribution in [-0.4, -0.2) is 41.7 Å². The minimum Gasteiger partial charge on any atom is -0.493 e. The highest BCUT2D eigenvalue weighted by Gasteiger charge is 2.38. The van der Waals surface area contributed by atoms with E-state index in [-0.39, 0.29) is 23.4 Å². The van der Waals surface area contributed by atoms with E-state index in [9.17, 15) is 19.7 Å². The number of anilines is 1. The van der Waals surface area contributed by atoms with E-state index in [1.165, 1.54) is 38.1 Å². The highest BCUT2D eigenvalue weighted by molar-refractivity contribution is 7.98. The molecule has 1 unspecified atom stereocenters. The van der Waals surface area contributed by atoms with E-state index < -0.39 is 22.4 Å². The van der Waals surface area contributed by atoms with Crippen molar-refractivity contribution in [2.24, 2.45) is 0 Å². The van der Waals surface area contributed by atoms with E-state index in [1.807, 2.05) is 30.3 Å². The number of nitro benzene ring substituents is 1. The van der Waals surface area contributed by atoms with Gasteiger partial charge in [-0.3, -0.25) is 14.9 Å². The van der Waals surface area contributed by atoms with Crippen molar-refractivity contribution in [2.45, 2.75) is 23.8 Å². The highest BCUT2D eigenvalue weighted by Crippen LogP contribution is 2.44. The number of fused-ring (bicyclic) bond motifs is 1. The lowest BCUT2D eigenvalue weighted by atomic mass is 9.81. The number of nitrogens with one attached hydrogen (secondary N) is 2. The Balaban J connectivity index is 1.64. The molecule has 1 aromatic heterocycles. The second kappa shape index (κ2) is 12.8. The molecule has 11 nitrogen and oxygen atoms in total. The van der Waals surface area contributed by atoms with Gasteiger partial charge < -0.3 is 24.5 Å². The van der Waals surface area contributed by atoms with Crippen molar-refractivity contribution in [1.82, 2.24) is 9.97 Å². The lowest BCUT2D eigenvalue weighted by Crippen LogP contribution is -2.31. The van der Waals surface area contributed by atoms with Gasteiger partial charge in [-0.2, -0.15) is 0 Å². The standard InChI is InChI=1S/C31H28N4O7S/c1-4-42-30(37)25-24(20-12-15-22(40-2)23(16-20)41-3)26-28(32-27(25)19-8-6-5-7-9-19)33-31(34-29(26)36)43-17-18-10-13-21(14-11-18)35(38)39/h5-16,24H,4,17H2,1-3H3,(H2,32,33,34,36). The normalized spacial score (nSPS) is 14.0. The maximum Gasteiger partial charge on any atom is 0.337 e. The predicted molar refractivity (Wildman–Crippen MR) is 163 cm³/mol. The molecule has 5 rings (SSSR count). The van der Waals surface area contributed by atoms with Crippen LogP contribution in [0.15, 0.2) is 88.3 Å². The average molecular weight is 601 g/mol. The number of thioether (sulfide) groups is 1. The number of nitro groups is 1. The van der Waals surface area contributed by atoms with Crippen molar-refractivity contribution in [2.75, 3.05) is 26.1 Å². The Hall–Kier alpha value is -5.10. The van der Waals surface area contributed by atoms with Crippen LogP contribution in [0, 0.1) is 10.1 Å². The first-order valence-electron chi connectivity index (χ1n) is 13.3. The molecule has 0 radical (unpaired) electrons. The van der Waals surface area contributed by atoms with E-state index in [1.54, 1.807) is 37.3 Å². The van der Waals surface area contributed by atoms with Crippen LogP contribution in [0.5, 0.6) is 11.5 Å². The molecule has 0 saturated heterocycles. The zero-order chi connectivity index (χ0) is 30.5. The van der Waals surface area contributed by atoms with Gasteiger partial charge in [0.25, 0.3) is 11.2 Å². The molecule has 2 N–H and O–H groups in total. The second-order valence-electron chi connectivity index (χ2n) is 9.39. The SMILES string of the molecule is CCOC(=O)C1=C(c2ccccc2)Nc2nc(SCc3ccc([N+](=O)[O-])cc3)[nH]c(=O)c2C1c1ccc(OC)c(OC)c1. The zero-order valence-electron chi connectivity index (χ0n) is 23.6. The molecule has 1 atom stereocenters. The molecule has 4 aromatic rings. The summed E-state index contributed by atoms with van der Waals surface area (Å²) in [4.78, 5) is 45.5. The van der Waals surface area contributed by atoms with Gasteiger partial charge in [0.05, 0.1) is 48.5 Å². The van der Waals surface area contributed by atoms with Crippen LogP contribution in [0.2, 0.25) is 0 Å². The molecule has 3 aromatic carbocycles. The Morgan fingerprint density at radius 2 is 1.74 bits per heavy atom. The summed E-state index contributed by atoms with van der Waals surface area (Å²) in [5, 5.41) is 14.6. The molecule has 1 aliphatic heterocycles. The molecule has 0 aliphatic carbocycles. The van der Waals surface area contributed by atoms with Crippen molar-refractivity contribution in [3.63, 3.8) is 0 Å². The number of carbonyl (C=O) groups excluding carboxylic acids is 1. The molecule has 2 heterocycles. The molecule has 0 spiro atoms. The summed E-state index contributed by atoms with van der Waals surface area (Å²) in [5.41, 5.74) is 2.67. The summed E-state index contributed by atoms with van der Waals surface area (Å²) in [6.45, 7) is 1.86. The first-order chi connectivity index (χ1) is 20.8. The van der Waals surface area contributed by atoms with Gasteiger partial charge in [-0.25, -0.2) is 9.78 Å². The number of rotatable bonds is 10. The number of H-pyrrole nitrogens is 1. The van der Waals surface area contributed by atoms with Crippen LogP contribution in [-0.2, 0) is 15.3 Å². The third-order valence-corrected chi connectivity index (χ3v) is 7.79. The van der Waals surface area contributed by atoms with Gasteiger partial charge in [-0.05, 0) is 35.7 Å². The minimum atomic E-state index is -0.852. The fourth-order valence-electron chi connectivity index (χ4n) is 4.86. The number of hydrogen-bond acceptors (Lipinski definition) is 10. The summed E-state index contributed by atoms with van der Waals surface area (Å²) in [5.74, 6) is 0.209. The van der Waals surface area contributed by atoms with Crippen LogP contribution in [0.25, 0.3) is 5.70 Å². The Morgan fingerprint density at radius 3 is 2.40 bits per heavy atom. The van der Waals surface area contributed by atoms with Crippen LogP contribution in [0.3, 0.4) is 0 Å². The highest BCUT2D eigenvalue weighted by atomic mass is 32.2. The topological polar surface area (TPSA) is 146 Å². The smallest absolute Gasteiger partial charge is 0.337 e. The number of aromatic amines is 1. The summed E-state index contributed by atoms with van der Waals surface area (Å²) >= 11 is 1.27. The fourth-order valence-corrected chi connectivity index (χ4v) is 5.68. The van der Waals surface area contributed by atoms with Crippen molar-refractivity contribution in [3.05, 3.63) is 121 Å². The van der Waals surface area contributed by atoms with Gasteiger partial charge in [0.2, 0.25) is 0 Å². The van der Waals surface area contributed by atoms with Crippen molar-refractivity contribution in [1.29, 1.82) is 0 Å². The molecule has 1 aliphatic rings. The van der Waals surface area contributed by atoms with E-state index in [2.05, 4.69) is 10.3 Å². The van der Waals surface area contributed by atoms with E-state index in [0.29, 0.717) is 45.1 Å². The van der Waals surface area contributed by atoms with Crippen molar-refractivity contribution >= 4 is 34.9 Å². The van der Waals surface area contributed by atoms with Gasteiger partial charge in [0.15, 0.2) is 16.7 Å². The number of benzene rings is 3. The van der Waals surface area contributed by atoms with E-state index in [4.69, 9.17) is 19.2 Å². The number of carbonyl (C=O) groups is 1. The first kappa shape index (κ1) is 29.4. The van der Waals surface area contributed by atoms with Gasteiger partial charge in [0, 0.05) is 17.9 Å². The van der Waals surface area contributed by atoms with Crippen molar-refractivity contribution < 1.29 is 23.9 Å². The molecular weight excluding hydrogens is 572 g/mol. The largest absolute Gasteiger partial charge is 0.493 e. The van der Waals surface area contributed by atoms with Gasteiger partial charge in [-0.1, -0.05) is 60.3 Å². The molecular formula is C31H28N4O7S. The number of methoxy groups -OCH3 is 2.